The summed E-state index contributed by atoms with van der Waals surface area (Å²) in [7, 11) is 0. The molecule has 0 aromatic carbocycles. The largest absolute Gasteiger partial charge is 0.329 e. The van der Waals surface area contributed by atoms with Gasteiger partial charge in [-0.3, -0.25) is 9.48 Å². The van der Waals surface area contributed by atoms with Crippen molar-refractivity contribution in [2.24, 2.45) is 11.1 Å². The van der Waals surface area contributed by atoms with Gasteiger partial charge >= 0.3 is 0 Å². The van der Waals surface area contributed by atoms with E-state index in [0.717, 1.165) is 37.8 Å². The summed E-state index contributed by atoms with van der Waals surface area (Å²) in [6.07, 6.45) is 8.85. The van der Waals surface area contributed by atoms with Crippen molar-refractivity contribution in [2.75, 3.05) is 6.54 Å². The fraction of sp³-hybridized carbons (Fsp3) is 0.750. The number of carbonyl (C=O) groups excluding carboxylic acids is 1. The first-order valence-electron chi connectivity index (χ1n) is 7.88. The zero-order valence-corrected chi connectivity index (χ0v) is 12.8. The van der Waals surface area contributed by atoms with Crippen molar-refractivity contribution in [2.45, 2.75) is 64.8 Å². The molecule has 0 aliphatic heterocycles. The monoisotopic (exact) mass is 277 g/mol. The summed E-state index contributed by atoms with van der Waals surface area (Å²) in [5, 5.41) is 4.54. The number of nitrogens with zero attached hydrogens (tertiary/aromatic N) is 2. The average Bonchev–Trinajstić information content (AvgIpc) is 2.95. The smallest absolute Gasteiger partial charge is 0.146 e. The second-order valence-electron chi connectivity index (χ2n) is 6.19. The fourth-order valence-corrected chi connectivity index (χ4v) is 3.08. The van der Waals surface area contributed by atoms with E-state index in [0.29, 0.717) is 19.0 Å². The summed E-state index contributed by atoms with van der Waals surface area (Å²) >= 11 is 0. The lowest BCUT2D eigenvalue weighted by Crippen LogP contribution is -2.41. The molecule has 2 N–H and O–H groups in total. The lowest BCUT2D eigenvalue weighted by Gasteiger charge is -2.34. The Bertz CT molecular complexity index is 446. The van der Waals surface area contributed by atoms with Crippen LogP contribution in [0.15, 0.2) is 12.3 Å². The number of nitrogens with two attached hydrogens (primary N) is 1. The van der Waals surface area contributed by atoms with E-state index in [9.17, 15) is 4.79 Å². The maximum absolute atomic E-state index is 12.6. The van der Waals surface area contributed by atoms with Crippen LogP contribution in [-0.2, 0) is 11.2 Å². The van der Waals surface area contributed by atoms with E-state index in [4.69, 9.17) is 5.73 Å². The first-order valence-corrected chi connectivity index (χ1v) is 7.88. The standard InChI is InChI=1S/C16H27N3O/c1-3-13(2)19-10-7-14(18-19)11-15(20)16(12-17)8-5-4-6-9-16/h7,10,13H,3-6,8-9,11-12,17H2,1-2H3. The minimum Gasteiger partial charge on any atom is -0.329 e. The zero-order chi connectivity index (χ0) is 14.6. The third-order valence-electron chi connectivity index (χ3n) is 4.84. The predicted octanol–water partition coefficient (Wildman–Crippen LogP) is 2.87. The van der Waals surface area contributed by atoms with Gasteiger partial charge in [0.1, 0.15) is 5.78 Å². The molecule has 4 nitrogen and oxygen atoms in total. The summed E-state index contributed by atoms with van der Waals surface area (Å²) in [5.41, 5.74) is 6.53. The molecule has 4 heteroatoms. The second-order valence-corrected chi connectivity index (χ2v) is 6.19. The minimum absolute atomic E-state index is 0.279. The minimum atomic E-state index is -0.279. The Hall–Kier alpha value is -1.16. The van der Waals surface area contributed by atoms with E-state index < -0.39 is 0 Å². The molecule has 1 heterocycles. The van der Waals surface area contributed by atoms with Gasteiger partial charge in [0.2, 0.25) is 0 Å². The normalized spacial score (nSPS) is 19.8. The first kappa shape index (κ1) is 15.2. The van der Waals surface area contributed by atoms with E-state index >= 15 is 0 Å². The number of rotatable bonds is 6. The van der Waals surface area contributed by atoms with Crippen molar-refractivity contribution >= 4 is 5.78 Å². The molecule has 20 heavy (non-hydrogen) atoms. The van der Waals surface area contributed by atoms with E-state index in [2.05, 4.69) is 18.9 Å². The summed E-state index contributed by atoms with van der Waals surface area (Å²) in [5.74, 6) is 0.286. The number of hydrogen-bond acceptors (Lipinski definition) is 3. The van der Waals surface area contributed by atoms with Crippen LogP contribution in [0, 0.1) is 5.41 Å². The first-order chi connectivity index (χ1) is 9.61. The molecule has 1 fully saturated rings. The molecule has 1 aliphatic carbocycles. The molecular weight excluding hydrogens is 250 g/mol. The SMILES string of the molecule is CCC(C)n1ccc(CC(=O)C2(CN)CCCCC2)n1. The topological polar surface area (TPSA) is 60.9 Å². The van der Waals surface area contributed by atoms with E-state index in [1.807, 2.05) is 16.9 Å². The number of hydrogen-bond donors (Lipinski definition) is 1. The molecule has 2 rings (SSSR count). The molecule has 0 amide bonds. The number of Topliss-reactive ketones (excluding diaryl/α,β-unsaturated/α-hetero) is 1. The fourth-order valence-electron chi connectivity index (χ4n) is 3.08. The van der Waals surface area contributed by atoms with Gasteiger partial charge in [-0.1, -0.05) is 26.2 Å². The summed E-state index contributed by atoms with van der Waals surface area (Å²) in [4.78, 5) is 12.6. The maximum Gasteiger partial charge on any atom is 0.146 e. The summed E-state index contributed by atoms with van der Waals surface area (Å²) in [6.45, 7) is 4.77. The Morgan fingerprint density at radius 1 is 1.45 bits per heavy atom. The van der Waals surface area contributed by atoms with Crippen LogP contribution in [0.5, 0.6) is 0 Å². The van der Waals surface area contributed by atoms with Crippen LogP contribution < -0.4 is 5.73 Å². The highest BCUT2D eigenvalue weighted by Crippen LogP contribution is 2.37. The van der Waals surface area contributed by atoms with E-state index in [1.165, 1.54) is 6.42 Å². The lowest BCUT2D eigenvalue weighted by atomic mass is 9.70. The van der Waals surface area contributed by atoms with Gasteiger partial charge in [0, 0.05) is 24.2 Å². The van der Waals surface area contributed by atoms with Crippen LogP contribution in [-0.4, -0.2) is 22.1 Å². The second kappa shape index (κ2) is 6.53. The Labute approximate surface area is 121 Å². The third-order valence-corrected chi connectivity index (χ3v) is 4.84. The maximum atomic E-state index is 12.6. The average molecular weight is 277 g/mol. The molecule has 1 aromatic rings. The van der Waals surface area contributed by atoms with Gasteiger partial charge in [0.15, 0.2) is 0 Å². The number of ketones is 1. The van der Waals surface area contributed by atoms with Gasteiger partial charge in [-0.05, 0) is 32.3 Å². The van der Waals surface area contributed by atoms with Crippen molar-refractivity contribution in [3.63, 3.8) is 0 Å². The molecule has 0 bridgehead atoms. The van der Waals surface area contributed by atoms with Crippen LogP contribution in [0.1, 0.15) is 64.1 Å². The lowest BCUT2D eigenvalue weighted by molar-refractivity contribution is -0.129. The van der Waals surface area contributed by atoms with Crippen molar-refractivity contribution < 1.29 is 4.79 Å². The Kier molecular flexibility index (Phi) is 4.97. The van der Waals surface area contributed by atoms with Gasteiger partial charge in [-0.25, -0.2) is 0 Å². The zero-order valence-electron chi connectivity index (χ0n) is 12.8. The molecule has 1 aliphatic rings. The van der Waals surface area contributed by atoms with Crippen molar-refractivity contribution in [1.82, 2.24) is 9.78 Å². The van der Waals surface area contributed by atoms with Crippen LogP contribution in [0.25, 0.3) is 0 Å². The highest BCUT2D eigenvalue weighted by atomic mass is 16.1. The highest BCUT2D eigenvalue weighted by molar-refractivity contribution is 5.86. The molecule has 0 saturated heterocycles. The molecule has 112 valence electrons. The Morgan fingerprint density at radius 3 is 2.75 bits per heavy atom. The quantitative estimate of drug-likeness (QED) is 0.869. The summed E-state index contributed by atoms with van der Waals surface area (Å²) in [6, 6.07) is 2.36. The molecule has 0 spiro atoms. The van der Waals surface area contributed by atoms with Gasteiger partial charge in [-0.15, -0.1) is 0 Å². The van der Waals surface area contributed by atoms with Crippen LogP contribution >= 0.6 is 0 Å². The van der Waals surface area contributed by atoms with E-state index in [1.54, 1.807) is 0 Å². The van der Waals surface area contributed by atoms with Crippen molar-refractivity contribution in [1.29, 1.82) is 0 Å². The molecule has 0 radical (unpaired) electrons. The molecule has 1 unspecified atom stereocenters. The Morgan fingerprint density at radius 2 is 2.15 bits per heavy atom. The van der Waals surface area contributed by atoms with Crippen LogP contribution in [0.3, 0.4) is 0 Å². The molecule has 1 atom stereocenters. The number of aromatic nitrogens is 2. The van der Waals surface area contributed by atoms with E-state index in [-0.39, 0.29) is 11.2 Å². The Balaban J connectivity index is 2.04. The molecule has 1 aromatic heterocycles. The van der Waals surface area contributed by atoms with Gasteiger partial charge in [0.25, 0.3) is 0 Å². The predicted molar refractivity (Wildman–Crippen MR) is 80.5 cm³/mol. The van der Waals surface area contributed by atoms with Gasteiger partial charge in [0.05, 0.1) is 12.1 Å². The van der Waals surface area contributed by atoms with Gasteiger partial charge in [-0.2, -0.15) is 5.10 Å². The third kappa shape index (κ3) is 3.11. The highest BCUT2D eigenvalue weighted by Gasteiger charge is 2.37. The number of carbonyl (C=O) groups is 1. The molecule has 1 saturated carbocycles. The van der Waals surface area contributed by atoms with Crippen molar-refractivity contribution in [3.05, 3.63) is 18.0 Å². The van der Waals surface area contributed by atoms with Gasteiger partial charge < -0.3 is 5.73 Å². The van der Waals surface area contributed by atoms with Crippen LogP contribution in [0.2, 0.25) is 0 Å². The summed E-state index contributed by atoms with van der Waals surface area (Å²) < 4.78 is 1.96. The van der Waals surface area contributed by atoms with Crippen molar-refractivity contribution in [3.8, 4) is 0 Å². The van der Waals surface area contributed by atoms with Crippen LogP contribution in [0.4, 0.5) is 0 Å². The molecular formula is C16H27N3O.